The molecule has 2 aliphatic rings. The number of rotatable bonds is 11. The molecule has 1 aliphatic carbocycles. The Kier molecular flexibility index (Phi) is 9.31. The summed E-state index contributed by atoms with van der Waals surface area (Å²) in [5.41, 5.74) is 2.02. The number of sulfonamides is 1. The molecule has 222 valence electrons. The second-order valence-electron chi connectivity index (χ2n) is 10.8. The van der Waals surface area contributed by atoms with E-state index in [1.165, 1.54) is 4.90 Å². The first-order valence-electron chi connectivity index (χ1n) is 14.3. The number of nitrogens with one attached hydrogen (secondary N) is 1. The summed E-state index contributed by atoms with van der Waals surface area (Å²) in [5, 5.41) is 3.17. The second kappa shape index (κ2) is 13.3. The highest BCUT2D eigenvalue weighted by molar-refractivity contribution is 7.92. The zero-order valence-electron chi connectivity index (χ0n) is 23.8. The summed E-state index contributed by atoms with van der Waals surface area (Å²) in [4.78, 5) is 29.6. The van der Waals surface area contributed by atoms with Crippen LogP contribution in [0.5, 0.6) is 11.5 Å². The number of carbonyl (C=O) groups is 2. The third-order valence-corrected chi connectivity index (χ3v) is 8.80. The molecule has 3 aromatic carbocycles. The highest BCUT2D eigenvalue weighted by Gasteiger charge is 2.34. The number of ether oxygens (including phenoxy) is 2. The van der Waals surface area contributed by atoms with E-state index in [0.29, 0.717) is 31.1 Å². The number of hydrogen-bond acceptors (Lipinski definition) is 6. The maximum absolute atomic E-state index is 14.2. The van der Waals surface area contributed by atoms with E-state index in [1.807, 2.05) is 60.7 Å². The molecule has 0 spiro atoms. The van der Waals surface area contributed by atoms with Crippen LogP contribution >= 0.6 is 0 Å². The van der Waals surface area contributed by atoms with E-state index in [9.17, 15) is 18.0 Å². The summed E-state index contributed by atoms with van der Waals surface area (Å²) in [7, 11) is -3.88. The van der Waals surface area contributed by atoms with Crippen LogP contribution in [0.25, 0.3) is 0 Å². The summed E-state index contributed by atoms with van der Waals surface area (Å²) in [6, 6.07) is 23.0. The Bertz CT molecular complexity index is 1480. The molecular formula is C32H37N3O6S. The number of carbonyl (C=O) groups excluding carboxylic acids is 2. The minimum atomic E-state index is -3.88. The highest BCUT2D eigenvalue weighted by Crippen LogP contribution is 2.35. The van der Waals surface area contributed by atoms with Gasteiger partial charge in [-0.2, -0.15) is 0 Å². The van der Waals surface area contributed by atoms with Gasteiger partial charge >= 0.3 is 0 Å². The summed E-state index contributed by atoms with van der Waals surface area (Å²) in [6.07, 6.45) is 5.28. The molecule has 1 fully saturated rings. The Hall–Kier alpha value is -4.05. The number of amides is 2. The van der Waals surface area contributed by atoms with Gasteiger partial charge in [-0.25, -0.2) is 8.42 Å². The molecule has 0 unspecified atom stereocenters. The van der Waals surface area contributed by atoms with Gasteiger partial charge < -0.3 is 19.7 Å². The van der Waals surface area contributed by atoms with E-state index in [1.54, 1.807) is 18.2 Å². The molecule has 3 aromatic rings. The van der Waals surface area contributed by atoms with Gasteiger partial charge in [0.05, 0.1) is 11.9 Å². The van der Waals surface area contributed by atoms with Crippen molar-refractivity contribution >= 4 is 27.5 Å². The average molecular weight is 592 g/mol. The minimum absolute atomic E-state index is 0.0645. The van der Waals surface area contributed by atoms with Crippen LogP contribution in [-0.4, -0.2) is 63.2 Å². The standard InChI is InChI=1S/C32H37N3O6S/c1-42(38,39)35(27-16-17-29-30(21-27)41-19-18-40-29)23-31(36)34(22-25-12-6-3-7-13-25)28(20-24-10-4-2-5-11-24)32(37)33-26-14-8-9-15-26/h2-7,10-13,16-17,21,26,28H,8-9,14-15,18-20,22-23H2,1H3,(H,33,37)/t28-/m1/s1. The van der Waals surface area contributed by atoms with Gasteiger partial charge in [0, 0.05) is 25.1 Å². The lowest BCUT2D eigenvalue weighted by molar-refractivity contribution is -0.140. The zero-order valence-corrected chi connectivity index (χ0v) is 24.6. The Morgan fingerprint density at radius 2 is 1.50 bits per heavy atom. The van der Waals surface area contributed by atoms with E-state index in [0.717, 1.165) is 47.4 Å². The lowest BCUT2D eigenvalue weighted by Crippen LogP contribution is -2.54. The summed E-state index contributed by atoms with van der Waals surface area (Å²) < 4.78 is 38.4. The van der Waals surface area contributed by atoms with Crippen LogP contribution in [0.1, 0.15) is 36.8 Å². The van der Waals surface area contributed by atoms with Crippen molar-refractivity contribution in [1.82, 2.24) is 10.2 Å². The molecule has 0 bridgehead atoms. The van der Waals surface area contributed by atoms with Crippen LogP contribution in [0.4, 0.5) is 5.69 Å². The van der Waals surface area contributed by atoms with Gasteiger partial charge in [0.1, 0.15) is 25.8 Å². The average Bonchev–Trinajstić information content (AvgIpc) is 3.51. The Labute approximate surface area is 247 Å². The Balaban J connectivity index is 1.49. The summed E-state index contributed by atoms with van der Waals surface area (Å²) in [5.74, 6) is 0.211. The van der Waals surface area contributed by atoms with E-state index < -0.39 is 28.5 Å². The molecular weight excluding hydrogens is 554 g/mol. The summed E-state index contributed by atoms with van der Waals surface area (Å²) >= 11 is 0. The van der Waals surface area contributed by atoms with Crippen LogP contribution in [0.3, 0.4) is 0 Å². The quantitative estimate of drug-likeness (QED) is 0.363. The predicted molar refractivity (Wildman–Crippen MR) is 161 cm³/mol. The van der Waals surface area contributed by atoms with Gasteiger partial charge in [-0.05, 0) is 36.1 Å². The molecule has 0 aromatic heterocycles. The van der Waals surface area contributed by atoms with Crippen molar-refractivity contribution < 1.29 is 27.5 Å². The van der Waals surface area contributed by atoms with Crippen molar-refractivity contribution in [3.63, 3.8) is 0 Å². The van der Waals surface area contributed by atoms with Crippen molar-refractivity contribution in [2.75, 3.05) is 30.3 Å². The lowest BCUT2D eigenvalue weighted by atomic mass is 10.0. The lowest BCUT2D eigenvalue weighted by Gasteiger charge is -2.34. The van der Waals surface area contributed by atoms with E-state index in [2.05, 4.69) is 5.32 Å². The van der Waals surface area contributed by atoms with Gasteiger partial charge in [-0.3, -0.25) is 13.9 Å². The molecule has 1 saturated carbocycles. The maximum Gasteiger partial charge on any atom is 0.244 e. The first-order valence-corrected chi connectivity index (χ1v) is 16.2. The second-order valence-corrected chi connectivity index (χ2v) is 12.7. The normalized spacial score (nSPS) is 15.5. The minimum Gasteiger partial charge on any atom is -0.486 e. The van der Waals surface area contributed by atoms with E-state index in [-0.39, 0.29) is 24.2 Å². The third kappa shape index (κ3) is 7.42. The largest absolute Gasteiger partial charge is 0.486 e. The number of anilines is 1. The monoisotopic (exact) mass is 591 g/mol. The topological polar surface area (TPSA) is 105 Å². The SMILES string of the molecule is CS(=O)(=O)N(CC(=O)N(Cc1ccccc1)[C@H](Cc1ccccc1)C(=O)NC1CCCC1)c1ccc2c(c1)OCCO2. The molecule has 9 nitrogen and oxygen atoms in total. The maximum atomic E-state index is 14.2. The molecule has 10 heteroatoms. The Morgan fingerprint density at radius 3 is 2.14 bits per heavy atom. The van der Waals surface area contributed by atoms with Crippen molar-refractivity contribution in [1.29, 1.82) is 0 Å². The van der Waals surface area contributed by atoms with Gasteiger partial charge in [0.15, 0.2) is 11.5 Å². The zero-order chi connectivity index (χ0) is 29.5. The van der Waals surface area contributed by atoms with Crippen LogP contribution < -0.4 is 19.1 Å². The van der Waals surface area contributed by atoms with E-state index >= 15 is 0 Å². The molecule has 42 heavy (non-hydrogen) atoms. The van der Waals surface area contributed by atoms with Crippen LogP contribution in [0.15, 0.2) is 78.9 Å². The number of benzene rings is 3. The fourth-order valence-electron chi connectivity index (χ4n) is 5.50. The fraction of sp³-hybridized carbons (Fsp3) is 0.375. The summed E-state index contributed by atoms with van der Waals surface area (Å²) in [6.45, 7) is 0.415. The van der Waals surface area contributed by atoms with Gasteiger partial charge in [-0.1, -0.05) is 73.5 Å². The molecule has 0 radical (unpaired) electrons. The van der Waals surface area contributed by atoms with Gasteiger partial charge in [-0.15, -0.1) is 0 Å². The molecule has 2 amide bonds. The molecule has 1 N–H and O–H groups in total. The van der Waals surface area contributed by atoms with Crippen molar-refractivity contribution in [2.24, 2.45) is 0 Å². The first-order chi connectivity index (χ1) is 20.3. The van der Waals surface area contributed by atoms with Crippen LogP contribution in [-0.2, 0) is 32.6 Å². The highest BCUT2D eigenvalue weighted by atomic mass is 32.2. The van der Waals surface area contributed by atoms with Gasteiger partial charge in [0.25, 0.3) is 0 Å². The molecule has 1 atom stereocenters. The van der Waals surface area contributed by atoms with Crippen LogP contribution in [0, 0.1) is 0 Å². The van der Waals surface area contributed by atoms with Crippen molar-refractivity contribution in [3.05, 3.63) is 90.0 Å². The van der Waals surface area contributed by atoms with Gasteiger partial charge in [0.2, 0.25) is 21.8 Å². The van der Waals surface area contributed by atoms with Crippen LogP contribution in [0.2, 0.25) is 0 Å². The molecule has 5 rings (SSSR count). The van der Waals surface area contributed by atoms with E-state index in [4.69, 9.17) is 9.47 Å². The Morgan fingerprint density at radius 1 is 0.881 bits per heavy atom. The molecule has 0 saturated heterocycles. The predicted octanol–water partition coefficient (Wildman–Crippen LogP) is 3.92. The number of nitrogens with zero attached hydrogens (tertiary/aromatic N) is 2. The molecule has 1 heterocycles. The number of hydrogen-bond donors (Lipinski definition) is 1. The fourth-order valence-corrected chi connectivity index (χ4v) is 6.34. The third-order valence-electron chi connectivity index (χ3n) is 7.66. The smallest absolute Gasteiger partial charge is 0.244 e. The van der Waals surface area contributed by atoms with Crippen molar-refractivity contribution in [2.45, 2.75) is 50.7 Å². The number of fused-ring (bicyclic) bond motifs is 1. The van der Waals surface area contributed by atoms with Crippen molar-refractivity contribution in [3.8, 4) is 11.5 Å². The first kappa shape index (κ1) is 29.4. The molecule has 1 aliphatic heterocycles.